The maximum absolute atomic E-state index is 14.6. The number of Topliss-reactive ketones (excluding diaryl/α,β-unsaturated/α-hetero) is 1. The van der Waals surface area contributed by atoms with Crippen LogP contribution in [0.2, 0.25) is 0 Å². The quantitative estimate of drug-likeness (QED) is 0.356. The number of nitrogens with one attached hydrogen (secondary N) is 2. The van der Waals surface area contributed by atoms with Gasteiger partial charge < -0.3 is 15.5 Å². The molecule has 10 heteroatoms. The Morgan fingerprint density at radius 2 is 1.85 bits per heavy atom. The first-order chi connectivity index (χ1) is 18.2. The van der Waals surface area contributed by atoms with Crippen molar-refractivity contribution in [1.29, 1.82) is 0 Å². The number of nitrogens with zero attached hydrogens (tertiary/aromatic N) is 2. The highest BCUT2D eigenvalue weighted by Gasteiger charge is 2.68. The van der Waals surface area contributed by atoms with E-state index in [9.17, 15) is 19.2 Å². The first kappa shape index (κ1) is 29.6. The van der Waals surface area contributed by atoms with E-state index in [2.05, 4.69) is 35.2 Å². The number of aryl methyl sites for hydroxylation is 2. The van der Waals surface area contributed by atoms with E-state index in [0.29, 0.717) is 36.9 Å². The van der Waals surface area contributed by atoms with Crippen molar-refractivity contribution in [2.75, 3.05) is 11.9 Å². The number of anilines is 1. The van der Waals surface area contributed by atoms with Crippen molar-refractivity contribution in [3.63, 3.8) is 0 Å². The molecule has 1 aromatic heterocycles. The van der Waals surface area contributed by atoms with E-state index in [1.807, 2.05) is 34.6 Å². The summed E-state index contributed by atoms with van der Waals surface area (Å²) in [7, 11) is 0. The second kappa shape index (κ2) is 10.6. The zero-order valence-corrected chi connectivity index (χ0v) is 25.4. The molecule has 4 unspecified atom stereocenters. The second-order valence-corrected chi connectivity index (χ2v) is 14.3. The Bertz CT molecular complexity index is 1140. The second-order valence-electron chi connectivity index (χ2n) is 13.1. The highest BCUT2D eigenvalue weighted by Crippen LogP contribution is 2.69. The van der Waals surface area contributed by atoms with Crippen LogP contribution in [0.3, 0.4) is 0 Å². The molecular weight excluding hydrogens is 514 g/mol. The molecule has 0 radical (unpaired) electrons. The first-order valence-corrected chi connectivity index (χ1v) is 15.2. The minimum atomic E-state index is -0.940. The third-order valence-electron chi connectivity index (χ3n) is 10.1. The predicted molar refractivity (Wildman–Crippen MR) is 151 cm³/mol. The monoisotopic (exact) mass is 560 g/mol. The normalized spacial score (nSPS) is 26.2. The molecule has 0 bridgehead atoms. The van der Waals surface area contributed by atoms with Crippen molar-refractivity contribution in [3.8, 4) is 0 Å². The third-order valence-corrected chi connectivity index (χ3v) is 11.1. The van der Waals surface area contributed by atoms with Crippen molar-refractivity contribution in [2.24, 2.45) is 22.7 Å². The van der Waals surface area contributed by atoms with Gasteiger partial charge in [0.05, 0.1) is 5.69 Å². The number of quaternary nitrogens is 1. The Morgan fingerprint density at radius 1 is 1.21 bits per heavy atom. The molecule has 0 aromatic carbocycles. The van der Waals surface area contributed by atoms with Crippen LogP contribution >= 0.6 is 11.3 Å². The van der Waals surface area contributed by atoms with Crippen molar-refractivity contribution < 1.29 is 24.9 Å². The van der Waals surface area contributed by atoms with Crippen LogP contribution in [0.5, 0.6) is 0 Å². The van der Waals surface area contributed by atoms with E-state index in [-0.39, 0.29) is 28.6 Å². The molecule has 1 saturated heterocycles. The number of carbonyl (C=O) groups excluding carboxylic acids is 4. The molecule has 5 N–H and O–H groups in total. The van der Waals surface area contributed by atoms with Crippen LogP contribution in [0.4, 0.5) is 5.13 Å². The molecule has 3 aliphatic rings. The van der Waals surface area contributed by atoms with Crippen molar-refractivity contribution in [1.82, 2.24) is 15.2 Å². The van der Waals surface area contributed by atoms with Gasteiger partial charge in [-0.15, -0.1) is 11.3 Å². The van der Waals surface area contributed by atoms with Gasteiger partial charge in [0.25, 0.3) is 5.78 Å². The summed E-state index contributed by atoms with van der Waals surface area (Å²) in [6.45, 7) is 14.9. The van der Waals surface area contributed by atoms with Gasteiger partial charge in [-0.2, -0.15) is 0 Å². The SMILES string of the molecule is CCC(Nc1nc(C)c(C)s1)(C(=O)N1CC2(CC1C(=O)NC(CC1CCC1)C(=O)C([NH3+])=O)CC2(C)C)C(C)C. The molecule has 4 atom stereocenters. The fourth-order valence-electron chi connectivity index (χ4n) is 6.67. The number of rotatable bonds is 11. The maximum atomic E-state index is 14.6. The lowest BCUT2D eigenvalue weighted by Gasteiger charge is -2.41. The van der Waals surface area contributed by atoms with Crippen molar-refractivity contribution in [2.45, 2.75) is 111 Å². The number of carbonyl (C=O) groups is 4. The lowest BCUT2D eigenvalue weighted by atomic mass is 9.80. The summed E-state index contributed by atoms with van der Waals surface area (Å²) in [6.07, 6.45) is 5.54. The van der Waals surface area contributed by atoms with E-state index in [4.69, 9.17) is 0 Å². The number of thiazole rings is 1. The summed E-state index contributed by atoms with van der Waals surface area (Å²) < 4.78 is 0. The molecule has 2 heterocycles. The number of amides is 3. The van der Waals surface area contributed by atoms with E-state index in [1.54, 1.807) is 4.90 Å². The Hall–Kier alpha value is -2.33. The Balaban J connectivity index is 1.64. The summed E-state index contributed by atoms with van der Waals surface area (Å²) >= 11 is 1.53. The van der Waals surface area contributed by atoms with Gasteiger partial charge in [0.15, 0.2) is 5.13 Å². The summed E-state index contributed by atoms with van der Waals surface area (Å²) in [6, 6.07) is -1.60. The molecule has 3 fully saturated rings. The Labute approximate surface area is 236 Å². The van der Waals surface area contributed by atoms with Crippen LogP contribution in [0.1, 0.15) is 90.1 Å². The summed E-state index contributed by atoms with van der Waals surface area (Å²) in [5.41, 5.74) is 3.19. The molecule has 9 nitrogen and oxygen atoms in total. The topological polar surface area (TPSA) is 136 Å². The van der Waals surface area contributed by atoms with Gasteiger partial charge in [-0.05, 0) is 62.2 Å². The van der Waals surface area contributed by atoms with Crippen LogP contribution in [0, 0.1) is 36.5 Å². The van der Waals surface area contributed by atoms with Crippen molar-refractivity contribution in [3.05, 3.63) is 10.6 Å². The summed E-state index contributed by atoms with van der Waals surface area (Å²) in [4.78, 5) is 60.6. The van der Waals surface area contributed by atoms with E-state index in [0.717, 1.165) is 36.3 Å². The van der Waals surface area contributed by atoms with E-state index in [1.165, 1.54) is 11.3 Å². The fraction of sp³-hybridized carbons (Fsp3) is 0.759. The predicted octanol–water partition coefficient (Wildman–Crippen LogP) is 3.01. The summed E-state index contributed by atoms with van der Waals surface area (Å²) in [5.74, 6) is -1.66. The molecule has 2 aliphatic carbocycles. The van der Waals surface area contributed by atoms with E-state index >= 15 is 0 Å². The van der Waals surface area contributed by atoms with Crippen LogP contribution in [-0.2, 0) is 19.2 Å². The van der Waals surface area contributed by atoms with Crippen LogP contribution in [0.25, 0.3) is 0 Å². The standard InChI is InChI=1S/C29H45N5O4S/c1-8-29(16(2)3,33-26-31-17(4)18(5)39-26)25(38)34-15-28(14-27(28,6)7)13-21(34)24(37)32-20(22(35)23(30)36)12-19-10-9-11-19/h16,19-21H,8-15H2,1-7H3,(H2,30,36)(H,31,33)(H,32,37)/p+1. The number of likely N-dealkylation sites (tertiary alicyclic amines) is 1. The molecule has 3 amide bonds. The molecule has 1 aromatic rings. The van der Waals surface area contributed by atoms with Gasteiger partial charge >= 0.3 is 5.91 Å². The highest BCUT2D eigenvalue weighted by atomic mass is 32.1. The van der Waals surface area contributed by atoms with E-state index < -0.39 is 29.3 Å². The number of ketones is 1. The van der Waals surface area contributed by atoms with Gasteiger partial charge in [-0.3, -0.25) is 20.1 Å². The summed E-state index contributed by atoms with van der Waals surface area (Å²) in [5, 5.41) is 7.11. The number of aromatic nitrogens is 1. The highest BCUT2D eigenvalue weighted by molar-refractivity contribution is 7.15. The fourth-order valence-corrected chi connectivity index (χ4v) is 7.57. The van der Waals surface area contributed by atoms with Gasteiger partial charge in [0.1, 0.15) is 17.6 Å². The zero-order valence-electron chi connectivity index (χ0n) is 24.6. The van der Waals surface area contributed by atoms with Crippen LogP contribution in [-0.4, -0.2) is 57.6 Å². The van der Waals surface area contributed by atoms with Gasteiger partial charge in [-0.1, -0.05) is 53.9 Å². The average Bonchev–Trinajstić information content (AvgIpc) is 3.09. The lowest BCUT2D eigenvalue weighted by molar-refractivity contribution is -0.300. The molecule has 1 aliphatic heterocycles. The minimum Gasteiger partial charge on any atom is -0.347 e. The van der Waals surface area contributed by atoms with Crippen LogP contribution < -0.4 is 16.4 Å². The first-order valence-electron chi connectivity index (χ1n) is 14.4. The lowest BCUT2D eigenvalue weighted by Crippen LogP contribution is -2.66. The molecular formula is C29H46N5O4S+. The Morgan fingerprint density at radius 3 is 2.28 bits per heavy atom. The van der Waals surface area contributed by atoms with Crippen LogP contribution in [0.15, 0.2) is 0 Å². The molecule has 39 heavy (non-hydrogen) atoms. The van der Waals surface area contributed by atoms with Gasteiger partial charge in [0, 0.05) is 11.4 Å². The minimum absolute atomic E-state index is 0.0225. The Kier molecular flexibility index (Phi) is 8.04. The number of hydrogen-bond acceptors (Lipinski definition) is 7. The zero-order chi connectivity index (χ0) is 28.9. The molecule has 4 rings (SSSR count). The van der Waals surface area contributed by atoms with Gasteiger partial charge in [-0.25, -0.2) is 9.78 Å². The largest absolute Gasteiger partial charge is 0.379 e. The molecule has 1 spiro atoms. The molecule has 2 saturated carbocycles. The van der Waals surface area contributed by atoms with Crippen molar-refractivity contribution >= 4 is 40.0 Å². The average molecular weight is 561 g/mol. The maximum Gasteiger partial charge on any atom is 0.379 e. The smallest absolute Gasteiger partial charge is 0.347 e. The number of hydrogen-bond donors (Lipinski definition) is 3. The third kappa shape index (κ3) is 5.38. The van der Waals surface area contributed by atoms with Gasteiger partial charge in [0.2, 0.25) is 11.8 Å². The molecule has 216 valence electrons.